The molecule has 1 unspecified atom stereocenters. The number of halogens is 51. The number of nitrogens with zero attached hydrogens (tertiary/aromatic N) is 4. The highest BCUT2D eigenvalue weighted by atomic mass is 79.9. The van der Waals surface area contributed by atoms with Gasteiger partial charge in [-0.15, -0.1) is 0 Å². The second kappa shape index (κ2) is 53.5. The molecule has 0 heterocycles. The lowest BCUT2D eigenvalue weighted by atomic mass is 9.80. The van der Waals surface area contributed by atoms with Gasteiger partial charge < -0.3 is 23.3 Å². The number of hydrogen-bond acceptors (Lipinski definition) is 16. The van der Waals surface area contributed by atoms with E-state index in [1.807, 2.05) is 0 Å². The number of rotatable bonds is 46. The van der Waals surface area contributed by atoms with E-state index >= 15 is 0 Å². The minimum Gasteiger partial charge on any atom is -0.756 e. The molecular formula is C62H88BrClF49N5O13PS5+. The summed E-state index contributed by atoms with van der Waals surface area (Å²) < 4.78 is 724. The Balaban J connectivity index is -0.000000395. The molecule has 0 radical (unpaired) electrons. The van der Waals surface area contributed by atoms with Crippen LogP contribution in [0, 0.1) is 16.6 Å². The van der Waals surface area contributed by atoms with Gasteiger partial charge in [0.1, 0.15) is 44.8 Å². The number of quaternary nitrogens is 2. The van der Waals surface area contributed by atoms with E-state index in [9.17, 15) is 263 Å². The van der Waals surface area contributed by atoms with E-state index in [1.165, 1.54) is 19.5 Å². The number of likely N-dealkylation sites (N-methyl/N-ethyl adjacent to an activating group) is 1. The van der Waals surface area contributed by atoms with Gasteiger partial charge >= 0.3 is 86.5 Å². The van der Waals surface area contributed by atoms with Gasteiger partial charge in [0.15, 0.2) is 0 Å². The lowest BCUT2D eigenvalue weighted by Crippen LogP contribution is -2.57. The number of sulfonamides is 1. The molecule has 0 aromatic heterocycles. The maximum Gasteiger partial charge on any atom is 0.431 e. The maximum absolute atomic E-state index is 14.2. The molecule has 2 N–H and O–H groups in total. The van der Waals surface area contributed by atoms with Crippen molar-refractivity contribution in [1.29, 1.82) is 5.26 Å². The first kappa shape index (κ1) is 145. The zero-order chi connectivity index (χ0) is 111. The Morgan fingerprint density at radius 3 is 0.912 bits per heavy atom. The minimum absolute atomic E-state index is 0.0872. The fourth-order valence-electron chi connectivity index (χ4n) is 9.61. The average molecular weight is 2350 g/mol. The van der Waals surface area contributed by atoms with E-state index in [1.54, 1.807) is 44.9 Å². The summed E-state index contributed by atoms with van der Waals surface area (Å²) >= 11 is 3.11. The Kier molecular flexibility index (Phi) is 56.4. The number of thioether (sulfide) groups is 1. The predicted octanol–water partition coefficient (Wildman–Crippen LogP) is 22.5. The third-order valence-corrected chi connectivity index (χ3v) is 25.7. The number of phosphoric acid groups is 1. The fraction of sp³-hybridized carbons (Fsp3) is 0.984. The lowest BCUT2D eigenvalue weighted by Gasteiger charge is -2.37. The van der Waals surface area contributed by atoms with Gasteiger partial charge in [0.2, 0.25) is 19.1 Å². The molecular weight excluding hydrogens is 2260 g/mol. The topological polar surface area (TPSA) is 254 Å². The van der Waals surface area contributed by atoms with Crippen molar-refractivity contribution in [3.05, 3.63) is 0 Å². The first-order valence-corrected chi connectivity index (χ1v) is 48.1. The molecule has 830 valence electrons. The SMILES string of the molecule is CN(C)CCCCS(=O)(=O)CCCC(F)(C(F)(F)F)C(F)(F)F.C[N+](C)(C)CCOP(=O)([O-])OCCNS(=O)(=O)CCCC(CC(F)(C(F)(F)F)C(F)(F)F)CC(F)(C(F)(F)F)C(F)(F)F.C[N+](C)(O)CCCCS(=O)(=O)CCCC(F)(C(F)(F)F)C(F)(F)F.FC(F)(F)C(F)(CCCBr)C(F)(F)F.N#CSCCCC(F)(C(F)(F)F)C(F)(F)F.O=S(=O)(Cl)CCCC(F)(C(F)(F)F)C(F)(F)F. The molecule has 0 rings (SSSR count). The highest BCUT2D eigenvalue weighted by Crippen LogP contribution is 2.58. The second-order valence-corrected chi connectivity index (χ2v) is 43.1. The fourth-order valence-corrected chi connectivity index (χ4v) is 15.7. The van der Waals surface area contributed by atoms with Gasteiger partial charge in [-0.05, 0) is 103 Å². The van der Waals surface area contributed by atoms with E-state index in [0.29, 0.717) is 31.1 Å². The van der Waals surface area contributed by atoms with Crippen LogP contribution in [0.5, 0.6) is 0 Å². The number of nitriles is 1. The molecule has 1 atom stereocenters. The normalized spacial score (nSPS) is 15.2. The van der Waals surface area contributed by atoms with Crippen LogP contribution in [-0.2, 0) is 52.4 Å². The van der Waals surface area contributed by atoms with Gasteiger partial charge in [-0.25, -0.2) is 74.3 Å². The van der Waals surface area contributed by atoms with Crippen LogP contribution in [0.25, 0.3) is 0 Å². The number of hydroxylamine groups is 3. The molecule has 0 aliphatic carbocycles. The highest BCUT2D eigenvalue weighted by molar-refractivity contribution is 9.09. The quantitative estimate of drug-likeness (QED) is 0.00839. The summed E-state index contributed by atoms with van der Waals surface area (Å²) in [4.78, 5) is 13.4. The minimum atomic E-state index is -6.91. The van der Waals surface area contributed by atoms with Gasteiger partial charge in [-0.2, -0.15) is 194 Å². The Morgan fingerprint density at radius 1 is 0.394 bits per heavy atom. The third-order valence-electron chi connectivity index (χ3n) is 17.2. The zero-order valence-corrected chi connectivity index (χ0v) is 77.9. The molecule has 0 aromatic carbocycles. The number of sulfone groups is 2. The van der Waals surface area contributed by atoms with Crippen molar-refractivity contribution in [1.82, 2.24) is 9.62 Å². The van der Waals surface area contributed by atoms with Gasteiger partial charge in [-0.1, -0.05) is 15.9 Å². The van der Waals surface area contributed by atoms with Crippen LogP contribution < -0.4 is 9.62 Å². The van der Waals surface area contributed by atoms with Crippen molar-refractivity contribution in [2.24, 2.45) is 5.92 Å². The average Bonchev–Trinajstić information content (AvgIpc) is 0.739. The predicted molar refractivity (Wildman–Crippen MR) is 389 cm³/mol. The molecule has 137 heavy (non-hydrogen) atoms. The number of thiocyanates is 1. The van der Waals surface area contributed by atoms with Crippen molar-refractivity contribution < 1.29 is 282 Å². The lowest BCUT2D eigenvalue weighted by molar-refractivity contribution is -1.07. The van der Waals surface area contributed by atoms with Gasteiger partial charge in [0.05, 0.1) is 76.4 Å². The monoisotopic (exact) mass is 2350 g/mol. The smallest absolute Gasteiger partial charge is 0.431 e. The number of alkyl halides is 50. The van der Waals surface area contributed by atoms with Crippen molar-refractivity contribution in [2.45, 2.75) is 242 Å². The summed E-state index contributed by atoms with van der Waals surface area (Å²) in [6.45, 7) is -1.05. The Labute approximate surface area is 766 Å². The Morgan fingerprint density at radius 2 is 0.657 bits per heavy atom. The van der Waals surface area contributed by atoms with Crippen LogP contribution in [0.2, 0.25) is 0 Å². The number of unbranched alkanes of at least 4 members (excludes halogenated alkanes) is 2. The Hall–Kier alpha value is -3.11. The maximum atomic E-state index is 14.2. The van der Waals surface area contributed by atoms with E-state index in [0.717, 1.165) is 0 Å². The largest absolute Gasteiger partial charge is 0.756 e. The van der Waals surface area contributed by atoms with Gasteiger partial charge in [-0.3, -0.25) is 4.57 Å². The second-order valence-electron chi connectivity index (χ2n) is 30.6. The summed E-state index contributed by atoms with van der Waals surface area (Å²) in [5, 5.41) is 18.7. The number of nitrogens with one attached hydrogen (secondary N) is 1. The molecule has 0 aromatic rings. The molecule has 0 saturated carbocycles. The number of hydrogen-bond donors (Lipinski definition) is 2. The zero-order valence-electron chi connectivity index (χ0n) is 70.6. The molecule has 75 heteroatoms. The van der Waals surface area contributed by atoms with Crippen molar-refractivity contribution in [2.75, 3.05) is 134 Å². The van der Waals surface area contributed by atoms with Crippen LogP contribution in [-0.4, -0.2) is 313 Å². The van der Waals surface area contributed by atoms with Gasteiger partial charge in [0.25, 0.3) is 47.5 Å². The first-order chi connectivity index (χ1) is 59.6. The van der Waals surface area contributed by atoms with Crippen LogP contribution in [0.4, 0.5) is 215 Å². The number of phosphoric ester groups is 1. The molecule has 0 bridgehead atoms. The summed E-state index contributed by atoms with van der Waals surface area (Å²) in [6, 6.07) is 0. The standard InChI is InChI=1S/C19H29F14N2O6PS.C12H21F7NO3S.C12H20F7NO2S.C7H6F7NS.C6H6BrF7.C6H6ClF7O2S/c1-35(2,3)7-9-41-42(36,37)40-8-6-34-43(38,39)10-4-5-13(11-14(20,16(22,23)24)17(25,26)27)12-15(21,18(28,29)30)19(31,32)33;1-20(2,21)7-3-4-8-24(22,23)9-5-6-10(13,11(14,15)16)12(17,18)19;1-20(2)7-3-4-8-23(21,22)9-5-6-10(13,11(14,15)16)12(17,18)19;8-5(6(9,10)11,7(12,13)14)2-1-3-16-4-15;7-3-1-2-4(8,5(9,10)11)6(12,13)14;7-17(15,16)3-1-2-4(8,5(9,10)11)6(12,13)14/h13,34H,4-12H2,1-3H3;21H,3-9H2,1-2H3;3-9H2,1-2H3;1-3H2;1-3H2;1-3H2/q;+1;;;;. The van der Waals surface area contributed by atoms with Crippen molar-refractivity contribution in [3.8, 4) is 5.40 Å². The van der Waals surface area contributed by atoms with E-state index in [-0.39, 0.29) is 53.9 Å². The summed E-state index contributed by atoms with van der Waals surface area (Å²) in [6.07, 6.45) is -110. The molecule has 0 spiro atoms. The highest BCUT2D eigenvalue weighted by Gasteiger charge is 2.79. The van der Waals surface area contributed by atoms with Crippen LogP contribution in [0.1, 0.15) is 116 Å². The van der Waals surface area contributed by atoms with E-state index < -0.39 is 315 Å². The summed E-state index contributed by atoms with van der Waals surface area (Å²) in [5.74, 6) is -8.82. The third kappa shape index (κ3) is 51.7. The van der Waals surface area contributed by atoms with Gasteiger partial charge in [0, 0.05) is 79.7 Å². The van der Waals surface area contributed by atoms with Crippen LogP contribution in [0.15, 0.2) is 0 Å². The first-order valence-electron chi connectivity index (χ1n) is 36.8. The summed E-state index contributed by atoms with van der Waals surface area (Å²) in [7, 11) is -5.49. The molecule has 18 nitrogen and oxygen atoms in total. The van der Waals surface area contributed by atoms with Crippen molar-refractivity contribution in [3.63, 3.8) is 0 Å². The molecule has 0 saturated heterocycles. The van der Waals surface area contributed by atoms with Crippen LogP contribution >= 0.6 is 46.2 Å². The molecule has 0 aliphatic heterocycles. The van der Waals surface area contributed by atoms with Crippen LogP contribution in [0.3, 0.4) is 0 Å². The molecule has 0 aliphatic rings. The molecule has 0 amide bonds. The van der Waals surface area contributed by atoms with E-state index in [2.05, 4.69) is 35.7 Å². The molecule has 0 fully saturated rings. The summed E-state index contributed by atoms with van der Waals surface area (Å²) in [5.41, 5.74) is -39.3. The Bertz CT molecular complexity index is 3930. The van der Waals surface area contributed by atoms with E-state index in [4.69, 9.17) is 5.26 Å². The van der Waals surface area contributed by atoms with Crippen molar-refractivity contribution >= 4 is 84.9 Å².